The second-order valence-electron chi connectivity index (χ2n) is 2.43. The van der Waals surface area contributed by atoms with Crippen molar-refractivity contribution in [1.29, 1.82) is 10.8 Å². The minimum absolute atomic E-state index is 0.104. The molecule has 1 rings (SSSR count). The van der Waals surface area contributed by atoms with E-state index in [1.807, 2.05) is 0 Å². The van der Waals surface area contributed by atoms with Crippen LogP contribution in [0.3, 0.4) is 0 Å². The third kappa shape index (κ3) is 1.21. The molecular formula is C6H9N3O. The number of carbonyl (C=O) groups is 1. The SMILES string of the molecule is N=C(C(=N)C1CC1)C(N)=O. The van der Waals surface area contributed by atoms with Crippen LogP contribution in [0, 0.1) is 16.7 Å². The summed E-state index contributed by atoms with van der Waals surface area (Å²) >= 11 is 0. The van der Waals surface area contributed by atoms with Crippen molar-refractivity contribution in [2.45, 2.75) is 12.8 Å². The van der Waals surface area contributed by atoms with Crippen LogP contribution >= 0.6 is 0 Å². The Morgan fingerprint density at radius 1 is 1.40 bits per heavy atom. The highest BCUT2D eigenvalue weighted by atomic mass is 16.1. The van der Waals surface area contributed by atoms with Gasteiger partial charge in [0, 0.05) is 5.92 Å². The summed E-state index contributed by atoms with van der Waals surface area (Å²) in [6, 6.07) is 0. The van der Waals surface area contributed by atoms with Crippen molar-refractivity contribution in [2.75, 3.05) is 0 Å². The molecule has 4 nitrogen and oxygen atoms in total. The van der Waals surface area contributed by atoms with E-state index in [1.165, 1.54) is 0 Å². The summed E-state index contributed by atoms with van der Waals surface area (Å²) < 4.78 is 0. The van der Waals surface area contributed by atoms with E-state index in [1.54, 1.807) is 0 Å². The van der Waals surface area contributed by atoms with Crippen LogP contribution in [0.25, 0.3) is 0 Å². The van der Waals surface area contributed by atoms with Gasteiger partial charge < -0.3 is 11.1 Å². The molecule has 0 bridgehead atoms. The van der Waals surface area contributed by atoms with Gasteiger partial charge in [-0.1, -0.05) is 0 Å². The Balaban J connectivity index is 2.55. The molecule has 0 atom stereocenters. The molecule has 0 radical (unpaired) electrons. The fourth-order valence-electron chi connectivity index (χ4n) is 0.709. The summed E-state index contributed by atoms with van der Waals surface area (Å²) in [5.74, 6) is -0.656. The lowest BCUT2D eigenvalue weighted by atomic mass is 10.1. The first-order valence-electron chi connectivity index (χ1n) is 3.10. The molecule has 54 valence electrons. The summed E-state index contributed by atoms with van der Waals surface area (Å²) in [6.07, 6.45) is 1.85. The molecule has 1 amide bonds. The van der Waals surface area contributed by atoms with Gasteiger partial charge in [0.15, 0.2) is 0 Å². The first-order valence-corrected chi connectivity index (χ1v) is 3.10. The maximum Gasteiger partial charge on any atom is 0.268 e. The fourth-order valence-corrected chi connectivity index (χ4v) is 0.709. The van der Waals surface area contributed by atoms with Crippen LogP contribution in [-0.2, 0) is 4.79 Å². The second kappa shape index (κ2) is 2.21. The molecule has 0 aromatic carbocycles. The minimum atomic E-state index is -0.795. The zero-order valence-electron chi connectivity index (χ0n) is 5.48. The van der Waals surface area contributed by atoms with Crippen LogP contribution in [0.15, 0.2) is 0 Å². The predicted octanol–water partition coefficient (Wildman–Crippen LogP) is -0.0788. The summed E-state index contributed by atoms with van der Waals surface area (Å²) in [7, 11) is 0. The Morgan fingerprint density at radius 2 is 1.90 bits per heavy atom. The van der Waals surface area contributed by atoms with Crippen molar-refractivity contribution >= 4 is 17.3 Å². The van der Waals surface area contributed by atoms with Crippen LogP contribution in [0.2, 0.25) is 0 Å². The van der Waals surface area contributed by atoms with E-state index in [4.69, 9.17) is 16.6 Å². The molecule has 1 fully saturated rings. The van der Waals surface area contributed by atoms with E-state index in [9.17, 15) is 4.79 Å². The molecule has 1 aliphatic rings. The molecule has 0 heterocycles. The van der Waals surface area contributed by atoms with Crippen molar-refractivity contribution in [2.24, 2.45) is 11.7 Å². The highest BCUT2D eigenvalue weighted by molar-refractivity contribution is 6.65. The molecule has 0 aromatic heterocycles. The number of nitrogens with two attached hydrogens (primary N) is 1. The smallest absolute Gasteiger partial charge is 0.268 e. The quantitative estimate of drug-likeness (QED) is 0.469. The van der Waals surface area contributed by atoms with Crippen molar-refractivity contribution < 1.29 is 4.79 Å². The average molecular weight is 139 g/mol. The largest absolute Gasteiger partial charge is 0.364 e. The van der Waals surface area contributed by atoms with Gasteiger partial charge in [0.2, 0.25) is 0 Å². The van der Waals surface area contributed by atoms with E-state index >= 15 is 0 Å². The third-order valence-electron chi connectivity index (χ3n) is 1.50. The van der Waals surface area contributed by atoms with E-state index in [2.05, 4.69) is 0 Å². The van der Waals surface area contributed by atoms with Gasteiger partial charge in [-0.05, 0) is 12.8 Å². The molecule has 10 heavy (non-hydrogen) atoms. The van der Waals surface area contributed by atoms with Gasteiger partial charge in [0.05, 0.1) is 5.71 Å². The van der Waals surface area contributed by atoms with Gasteiger partial charge >= 0.3 is 0 Å². The van der Waals surface area contributed by atoms with Crippen molar-refractivity contribution in [3.05, 3.63) is 0 Å². The topological polar surface area (TPSA) is 90.8 Å². The molecule has 1 aliphatic carbocycles. The second-order valence-corrected chi connectivity index (χ2v) is 2.43. The molecule has 0 spiro atoms. The van der Waals surface area contributed by atoms with Gasteiger partial charge in [0.1, 0.15) is 5.71 Å². The molecule has 4 N–H and O–H groups in total. The molecule has 0 saturated heterocycles. The Labute approximate surface area is 58.4 Å². The van der Waals surface area contributed by atoms with E-state index in [0.717, 1.165) is 12.8 Å². The van der Waals surface area contributed by atoms with Crippen molar-refractivity contribution in [1.82, 2.24) is 0 Å². The number of hydrogen-bond donors (Lipinski definition) is 3. The van der Waals surface area contributed by atoms with E-state index in [-0.39, 0.29) is 17.3 Å². The third-order valence-corrected chi connectivity index (χ3v) is 1.50. The van der Waals surface area contributed by atoms with Crippen LogP contribution < -0.4 is 5.73 Å². The Kier molecular flexibility index (Phi) is 1.53. The number of amides is 1. The first-order chi connectivity index (χ1) is 4.63. The van der Waals surface area contributed by atoms with E-state index in [0.29, 0.717) is 0 Å². The minimum Gasteiger partial charge on any atom is -0.364 e. The highest BCUT2D eigenvalue weighted by Gasteiger charge is 2.30. The normalized spacial score (nSPS) is 16.4. The van der Waals surface area contributed by atoms with Crippen molar-refractivity contribution in [3.8, 4) is 0 Å². The van der Waals surface area contributed by atoms with Gasteiger partial charge in [0.25, 0.3) is 5.91 Å². The van der Waals surface area contributed by atoms with Gasteiger partial charge in [-0.3, -0.25) is 10.2 Å². The maximum atomic E-state index is 10.3. The Bertz CT molecular complexity index is 205. The predicted molar refractivity (Wildman–Crippen MR) is 37.4 cm³/mol. The molecule has 0 unspecified atom stereocenters. The number of carbonyl (C=O) groups excluding carboxylic acids is 1. The summed E-state index contributed by atoms with van der Waals surface area (Å²) in [5.41, 5.74) is 4.57. The summed E-state index contributed by atoms with van der Waals surface area (Å²) in [5, 5.41) is 14.2. The lowest BCUT2D eigenvalue weighted by Gasteiger charge is -1.97. The fraction of sp³-hybridized carbons (Fsp3) is 0.500. The van der Waals surface area contributed by atoms with Gasteiger partial charge in [-0.25, -0.2) is 0 Å². The molecular weight excluding hydrogens is 130 g/mol. The maximum absolute atomic E-state index is 10.3. The van der Waals surface area contributed by atoms with Crippen molar-refractivity contribution in [3.63, 3.8) is 0 Å². The van der Waals surface area contributed by atoms with Crippen LogP contribution in [0.5, 0.6) is 0 Å². The Hall–Kier alpha value is -1.19. The van der Waals surface area contributed by atoms with Gasteiger partial charge in [-0.15, -0.1) is 0 Å². The van der Waals surface area contributed by atoms with Crippen LogP contribution in [-0.4, -0.2) is 17.3 Å². The molecule has 1 saturated carbocycles. The van der Waals surface area contributed by atoms with Crippen LogP contribution in [0.1, 0.15) is 12.8 Å². The molecule has 0 aromatic rings. The average Bonchev–Trinajstić information content (AvgIpc) is 2.65. The first kappa shape index (κ1) is 6.92. The van der Waals surface area contributed by atoms with E-state index < -0.39 is 5.91 Å². The lowest BCUT2D eigenvalue weighted by molar-refractivity contribution is -0.111. The lowest BCUT2D eigenvalue weighted by Crippen LogP contribution is -2.30. The number of hydrogen-bond acceptors (Lipinski definition) is 3. The zero-order chi connectivity index (χ0) is 7.72. The summed E-state index contributed by atoms with van der Waals surface area (Å²) in [6.45, 7) is 0. The number of nitrogens with one attached hydrogen (secondary N) is 2. The van der Waals surface area contributed by atoms with Crippen LogP contribution in [0.4, 0.5) is 0 Å². The molecule has 4 heteroatoms. The summed E-state index contributed by atoms with van der Waals surface area (Å²) in [4.78, 5) is 10.3. The van der Waals surface area contributed by atoms with Gasteiger partial charge in [-0.2, -0.15) is 0 Å². The Morgan fingerprint density at radius 3 is 2.20 bits per heavy atom. The monoisotopic (exact) mass is 139 g/mol. The standard InChI is InChI=1S/C6H9N3O/c7-4(3-1-2-3)5(8)6(9)10/h3,7-8H,1-2H2,(H2,9,10). The zero-order valence-corrected chi connectivity index (χ0v) is 5.48. The number of primary amides is 1. The highest BCUT2D eigenvalue weighted by Crippen LogP contribution is 2.30. The number of rotatable bonds is 3. The molecule has 0 aliphatic heterocycles.